The summed E-state index contributed by atoms with van der Waals surface area (Å²) in [4.78, 5) is 8.85. The van der Waals surface area contributed by atoms with Gasteiger partial charge < -0.3 is 4.84 Å². The van der Waals surface area contributed by atoms with Gasteiger partial charge in [-0.2, -0.15) is 0 Å². The van der Waals surface area contributed by atoms with Crippen molar-refractivity contribution >= 4 is 5.71 Å². The van der Waals surface area contributed by atoms with Crippen LogP contribution in [0.2, 0.25) is 0 Å². The number of halogens is 1. The molecule has 1 aliphatic rings. The lowest BCUT2D eigenvalue weighted by Gasteiger charge is -1.96. The van der Waals surface area contributed by atoms with Crippen molar-refractivity contribution in [2.75, 3.05) is 6.61 Å². The number of hydrogen-bond donors (Lipinski definition) is 0. The first-order valence-corrected chi connectivity index (χ1v) is 5.51. The summed E-state index contributed by atoms with van der Waals surface area (Å²) in [6, 6.07) is 2.91. The highest BCUT2D eigenvalue weighted by Gasteiger charge is 2.11. The minimum absolute atomic E-state index is 0.372. The van der Waals surface area contributed by atoms with E-state index in [2.05, 4.69) is 20.5 Å². The fourth-order valence-electron chi connectivity index (χ4n) is 1.66. The SMILES string of the molecule is Fc1ccc(-c2cn(CC3=NOCC3)nn2)nc1. The second-order valence-electron chi connectivity index (χ2n) is 3.90. The number of aromatic nitrogens is 4. The molecule has 0 saturated heterocycles. The summed E-state index contributed by atoms with van der Waals surface area (Å²) < 4.78 is 14.4. The molecule has 0 unspecified atom stereocenters. The fourth-order valence-corrected chi connectivity index (χ4v) is 1.66. The summed E-state index contributed by atoms with van der Waals surface area (Å²) in [6.45, 7) is 1.17. The third kappa shape index (κ3) is 2.20. The Kier molecular flexibility index (Phi) is 2.71. The average molecular weight is 247 g/mol. The van der Waals surface area contributed by atoms with Crippen molar-refractivity contribution < 1.29 is 9.23 Å². The second-order valence-corrected chi connectivity index (χ2v) is 3.90. The van der Waals surface area contributed by atoms with Crippen molar-refractivity contribution in [2.24, 2.45) is 5.16 Å². The van der Waals surface area contributed by atoms with Gasteiger partial charge in [0.05, 0.1) is 30.3 Å². The van der Waals surface area contributed by atoms with Gasteiger partial charge in [0.15, 0.2) is 0 Å². The molecule has 0 N–H and O–H groups in total. The van der Waals surface area contributed by atoms with Crippen LogP contribution < -0.4 is 0 Å². The van der Waals surface area contributed by atoms with Crippen molar-refractivity contribution in [3.63, 3.8) is 0 Å². The van der Waals surface area contributed by atoms with E-state index in [1.165, 1.54) is 6.07 Å². The maximum atomic E-state index is 12.7. The van der Waals surface area contributed by atoms with Crippen LogP contribution in [0.1, 0.15) is 6.42 Å². The second kappa shape index (κ2) is 4.52. The van der Waals surface area contributed by atoms with E-state index in [0.717, 1.165) is 18.3 Å². The Morgan fingerprint density at radius 3 is 3.00 bits per heavy atom. The van der Waals surface area contributed by atoms with Gasteiger partial charge in [-0.05, 0) is 12.1 Å². The normalized spacial score (nSPS) is 14.4. The lowest BCUT2D eigenvalue weighted by molar-refractivity contribution is 0.173. The van der Waals surface area contributed by atoms with Gasteiger partial charge in [-0.15, -0.1) is 5.10 Å². The van der Waals surface area contributed by atoms with E-state index in [1.807, 2.05) is 0 Å². The topological polar surface area (TPSA) is 65.2 Å². The van der Waals surface area contributed by atoms with Gasteiger partial charge in [0.2, 0.25) is 0 Å². The Morgan fingerprint density at radius 2 is 2.28 bits per heavy atom. The number of hydrogen-bond acceptors (Lipinski definition) is 5. The van der Waals surface area contributed by atoms with E-state index in [0.29, 0.717) is 24.5 Å². The Bertz CT molecular complexity index is 577. The molecule has 0 aliphatic carbocycles. The summed E-state index contributed by atoms with van der Waals surface area (Å²) in [7, 11) is 0. The number of rotatable bonds is 3. The molecule has 0 bridgehead atoms. The van der Waals surface area contributed by atoms with Gasteiger partial charge in [-0.1, -0.05) is 10.4 Å². The Morgan fingerprint density at radius 1 is 1.33 bits per heavy atom. The largest absolute Gasteiger partial charge is 0.395 e. The Hall–Kier alpha value is -2.31. The molecule has 7 heteroatoms. The van der Waals surface area contributed by atoms with Crippen LogP contribution in [0.15, 0.2) is 29.7 Å². The molecule has 0 spiro atoms. The molecule has 3 rings (SSSR count). The van der Waals surface area contributed by atoms with Crippen LogP contribution >= 0.6 is 0 Å². The fraction of sp³-hybridized carbons (Fsp3) is 0.273. The quantitative estimate of drug-likeness (QED) is 0.818. The molecule has 2 aromatic rings. The maximum absolute atomic E-state index is 12.7. The van der Waals surface area contributed by atoms with Gasteiger partial charge in [-0.25, -0.2) is 9.07 Å². The predicted octanol–water partition coefficient (Wildman–Crippen LogP) is 1.26. The number of oxime groups is 1. The summed E-state index contributed by atoms with van der Waals surface area (Å²) >= 11 is 0. The monoisotopic (exact) mass is 247 g/mol. The van der Waals surface area contributed by atoms with E-state index >= 15 is 0 Å². The first-order valence-electron chi connectivity index (χ1n) is 5.51. The molecule has 0 aromatic carbocycles. The van der Waals surface area contributed by atoms with E-state index < -0.39 is 0 Å². The summed E-state index contributed by atoms with van der Waals surface area (Å²) in [5.74, 6) is -0.372. The molecule has 1 aliphatic heterocycles. The van der Waals surface area contributed by atoms with E-state index in [9.17, 15) is 4.39 Å². The van der Waals surface area contributed by atoms with Gasteiger partial charge in [0, 0.05) is 6.42 Å². The van der Waals surface area contributed by atoms with Crippen LogP contribution in [0.3, 0.4) is 0 Å². The minimum atomic E-state index is -0.372. The maximum Gasteiger partial charge on any atom is 0.141 e. The molecule has 92 valence electrons. The lowest BCUT2D eigenvalue weighted by Crippen LogP contribution is -2.08. The first kappa shape index (κ1) is 10.8. The third-order valence-corrected chi connectivity index (χ3v) is 2.55. The average Bonchev–Trinajstić information content (AvgIpc) is 3.02. The molecule has 18 heavy (non-hydrogen) atoms. The van der Waals surface area contributed by atoms with E-state index in [-0.39, 0.29) is 5.82 Å². The third-order valence-electron chi connectivity index (χ3n) is 2.55. The summed E-state index contributed by atoms with van der Waals surface area (Å²) in [5, 5.41) is 11.9. The highest BCUT2D eigenvalue weighted by Crippen LogP contribution is 2.13. The van der Waals surface area contributed by atoms with Crippen LogP contribution in [-0.2, 0) is 11.4 Å². The van der Waals surface area contributed by atoms with Gasteiger partial charge in [0.1, 0.15) is 18.1 Å². The molecule has 0 saturated carbocycles. The van der Waals surface area contributed by atoms with Crippen molar-refractivity contribution in [1.29, 1.82) is 0 Å². The van der Waals surface area contributed by atoms with Gasteiger partial charge in [0.25, 0.3) is 0 Å². The van der Waals surface area contributed by atoms with Crippen molar-refractivity contribution in [1.82, 2.24) is 20.0 Å². The van der Waals surface area contributed by atoms with Crippen LogP contribution in [0.25, 0.3) is 11.4 Å². The standard InChI is InChI=1S/C11H10FN5O/c12-8-1-2-10(13-5-8)11-7-17(16-14-11)6-9-3-4-18-15-9/h1-2,5,7H,3-4,6H2. The van der Waals surface area contributed by atoms with Gasteiger partial charge in [-0.3, -0.25) is 4.98 Å². The molecule has 6 nitrogen and oxygen atoms in total. The highest BCUT2D eigenvalue weighted by molar-refractivity contribution is 5.84. The van der Waals surface area contributed by atoms with Crippen LogP contribution in [0.4, 0.5) is 4.39 Å². The molecule has 0 atom stereocenters. The van der Waals surface area contributed by atoms with E-state index in [1.54, 1.807) is 16.9 Å². The lowest BCUT2D eigenvalue weighted by atomic mass is 10.3. The Balaban J connectivity index is 1.78. The minimum Gasteiger partial charge on any atom is -0.395 e. The van der Waals surface area contributed by atoms with Crippen molar-refractivity contribution in [2.45, 2.75) is 13.0 Å². The highest BCUT2D eigenvalue weighted by atomic mass is 19.1. The zero-order valence-electron chi connectivity index (χ0n) is 9.45. The molecule has 3 heterocycles. The molecular formula is C11H10FN5O. The van der Waals surface area contributed by atoms with E-state index in [4.69, 9.17) is 4.84 Å². The van der Waals surface area contributed by atoms with Gasteiger partial charge >= 0.3 is 0 Å². The first-order chi connectivity index (χ1) is 8.81. The molecule has 0 radical (unpaired) electrons. The summed E-state index contributed by atoms with van der Waals surface area (Å²) in [5.41, 5.74) is 2.13. The molecule has 0 amide bonds. The molecule has 0 fully saturated rings. The summed E-state index contributed by atoms with van der Waals surface area (Å²) in [6.07, 6.45) is 3.72. The van der Waals surface area contributed by atoms with Crippen molar-refractivity contribution in [3.8, 4) is 11.4 Å². The molecule has 2 aromatic heterocycles. The van der Waals surface area contributed by atoms with Crippen LogP contribution in [-0.4, -0.2) is 32.3 Å². The predicted molar refractivity (Wildman–Crippen MR) is 61.2 cm³/mol. The smallest absolute Gasteiger partial charge is 0.141 e. The van der Waals surface area contributed by atoms with Crippen molar-refractivity contribution in [3.05, 3.63) is 30.3 Å². The number of nitrogens with zero attached hydrogens (tertiary/aromatic N) is 5. The number of pyridine rings is 1. The molecular weight excluding hydrogens is 237 g/mol. The van der Waals surface area contributed by atoms with Crippen LogP contribution in [0.5, 0.6) is 0 Å². The Labute approximate surface area is 102 Å². The zero-order chi connectivity index (χ0) is 12.4. The zero-order valence-corrected chi connectivity index (χ0v) is 9.45. The van der Waals surface area contributed by atoms with Crippen LogP contribution in [0, 0.1) is 5.82 Å².